The van der Waals surface area contributed by atoms with Crippen molar-refractivity contribution in [2.75, 3.05) is 5.01 Å². The molecule has 0 saturated carbocycles. The molecule has 2 heterocycles. The lowest BCUT2D eigenvalue weighted by Crippen LogP contribution is -2.36. The molecular weight excluding hydrogens is 417 g/mol. The highest BCUT2D eigenvalue weighted by Gasteiger charge is 2.29. The van der Waals surface area contributed by atoms with Crippen LogP contribution >= 0.6 is 23.2 Å². The number of aryl methyl sites for hydroxylation is 1. The van der Waals surface area contributed by atoms with Gasteiger partial charge in [0.25, 0.3) is 5.91 Å². The fourth-order valence-electron chi connectivity index (χ4n) is 2.85. The van der Waals surface area contributed by atoms with E-state index in [-0.39, 0.29) is 27.2 Å². The summed E-state index contributed by atoms with van der Waals surface area (Å²) in [4.78, 5) is 28.0. The SMILES string of the molecule is Cn1cnc2ccc(Oc3c(Cl)cc(N4N=C(C#N)C(=O)CC4=O)cc3Cl)cc21. The van der Waals surface area contributed by atoms with Gasteiger partial charge in [0, 0.05) is 13.1 Å². The molecule has 29 heavy (non-hydrogen) atoms. The van der Waals surface area contributed by atoms with Crippen molar-refractivity contribution in [3.63, 3.8) is 0 Å². The maximum atomic E-state index is 12.2. The lowest BCUT2D eigenvalue weighted by Gasteiger charge is -2.22. The molecule has 144 valence electrons. The van der Waals surface area contributed by atoms with Crippen LogP contribution in [0, 0.1) is 11.3 Å². The Hall–Kier alpha value is -3.41. The van der Waals surface area contributed by atoms with Gasteiger partial charge in [-0.1, -0.05) is 23.2 Å². The molecule has 10 heteroatoms. The summed E-state index contributed by atoms with van der Waals surface area (Å²) in [6.07, 6.45) is 1.24. The molecule has 0 fully saturated rings. The molecule has 0 spiro atoms. The second-order valence-corrected chi connectivity index (χ2v) is 7.03. The first kappa shape index (κ1) is 18.9. The van der Waals surface area contributed by atoms with Crippen LogP contribution in [0.5, 0.6) is 11.5 Å². The molecule has 2 aromatic carbocycles. The molecule has 4 rings (SSSR count). The summed E-state index contributed by atoms with van der Waals surface area (Å²) in [6, 6.07) is 9.87. The Bertz CT molecular complexity index is 1240. The van der Waals surface area contributed by atoms with Gasteiger partial charge in [-0.25, -0.2) is 4.98 Å². The van der Waals surface area contributed by atoms with Crippen LogP contribution in [0.15, 0.2) is 41.8 Å². The number of ether oxygens (including phenoxy) is 1. The predicted octanol–water partition coefficient (Wildman–Crippen LogP) is 3.86. The normalized spacial score (nSPS) is 14.1. The van der Waals surface area contributed by atoms with Gasteiger partial charge in [0.1, 0.15) is 11.8 Å². The molecule has 0 saturated heterocycles. The zero-order valence-electron chi connectivity index (χ0n) is 14.9. The van der Waals surface area contributed by atoms with Gasteiger partial charge in [0.15, 0.2) is 5.75 Å². The standard InChI is InChI=1S/C19H11Cl2N5O3/c1-25-9-23-14-3-2-11(6-16(14)25)29-19-12(20)4-10(5-13(19)21)26-18(28)7-17(27)15(8-22)24-26/h2-6,9H,7H2,1H3. The summed E-state index contributed by atoms with van der Waals surface area (Å²) in [5, 5.41) is 14.0. The van der Waals surface area contributed by atoms with E-state index in [1.807, 2.05) is 17.7 Å². The number of hydrogen-bond acceptors (Lipinski definition) is 6. The molecule has 0 N–H and O–H groups in total. The Morgan fingerprint density at radius 3 is 2.59 bits per heavy atom. The van der Waals surface area contributed by atoms with Crippen molar-refractivity contribution in [3.05, 3.63) is 46.7 Å². The average Bonchev–Trinajstić information content (AvgIpc) is 3.05. The Kier molecular flexibility index (Phi) is 4.70. The van der Waals surface area contributed by atoms with E-state index in [2.05, 4.69) is 10.1 Å². The number of carbonyl (C=O) groups is 2. The van der Waals surface area contributed by atoms with Crippen LogP contribution in [-0.2, 0) is 16.6 Å². The van der Waals surface area contributed by atoms with Crippen molar-refractivity contribution >= 4 is 57.3 Å². The third-order valence-corrected chi connectivity index (χ3v) is 4.82. The fourth-order valence-corrected chi connectivity index (χ4v) is 3.40. The molecule has 8 nitrogen and oxygen atoms in total. The minimum atomic E-state index is -0.628. The quantitative estimate of drug-likeness (QED) is 0.590. The van der Waals surface area contributed by atoms with E-state index in [0.29, 0.717) is 5.75 Å². The number of nitrogens with zero attached hydrogens (tertiary/aromatic N) is 5. The minimum Gasteiger partial charge on any atom is -0.454 e. The topological polar surface area (TPSA) is 101 Å². The van der Waals surface area contributed by atoms with Crippen LogP contribution in [0.4, 0.5) is 5.69 Å². The summed E-state index contributed by atoms with van der Waals surface area (Å²) < 4.78 is 7.70. The zero-order chi connectivity index (χ0) is 20.7. The number of hydrazone groups is 1. The molecule has 1 amide bonds. The molecule has 0 atom stereocenters. The smallest absolute Gasteiger partial charge is 0.255 e. The van der Waals surface area contributed by atoms with Crippen molar-refractivity contribution in [2.24, 2.45) is 12.1 Å². The van der Waals surface area contributed by atoms with Gasteiger partial charge >= 0.3 is 0 Å². The van der Waals surface area contributed by atoms with Crippen molar-refractivity contribution in [1.82, 2.24) is 9.55 Å². The number of imidazole rings is 1. The number of amides is 1. The van der Waals surface area contributed by atoms with Crippen molar-refractivity contribution in [3.8, 4) is 17.6 Å². The first-order valence-corrected chi connectivity index (χ1v) is 9.06. The van der Waals surface area contributed by atoms with Gasteiger partial charge in [0.2, 0.25) is 11.5 Å². The van der Waals surface area contributed by atoms with Crippen molar-refractivity contribution in [1.29, 1.82) is 5.26 Å². The lowest BCUT2D eigenvalue weighted by molar-refractivity contribution is -0.124. The Balaban J connectivity index is 1.69. The number of rotatable bonds is 3. The van der Waals surface area contributed by atoms with E-state index in [4.69, 9.17) is 33.2 Å². The monoisotopic (exact) mass is 427 g/mol. The number of aromatic nitrogens is 2. The lowest BCUT2D eigenvalue weighted by atomic mass is 10.1. The highest BCUT2D eigenvalue weighted by molar-refractivity contribution is 6.50. The summed E-state index contributed by atoms with van der Waals surface area (Å²) in [6.45, 7) is 0. The van der Waals surface area contributed by atoms with E-state index < -0.39 is 18.1 Å². The molecule has 0 radical (unpaired) electrons. The molecule has 1 aliphatic rings. The first-order valence-electron chi connectivity index (χ1n) is 8.30. The first-order chi connectivity index (χ1) is 13.9. The second kappa shape index (κ2) is 7.20. The van der Waals surface area contributed by atoms with E-state index in [1.165, 1.54) is 12.1 Å². The molecule has 3 aromatic rings. The van der Waals surface area contributed by atoms with E-state index in [9.17, 15) is 9.59 Å². The van der Waals surface area contributed by atoms with Crippen LogP contribution in [0.2, 0.25) is 10.0 Å². The third-order valence-electron chi connectivity index (χ3n) is 4.26. The van der Waals surface area contributed by atoms with Gasteiger partial charge in [0.05, 0.1) is 39.5 Å². The molecule has 0 aliphatic carbocycles. The van der Waals surface area contributed by atoms with E-state index in [0.717, 1.165) is 16.0 Å². The molecule has 1 aliphatic heterocycles. The summed E-state index contributed by atoms with van der Waals surface area (Å²) in [5.74, 6) is -0.515. The van der Waals surface area contributed by atoms with E-state index in [1.54, 1.807) is 24.5 Å². The molecule has 0 bridgehead atoms. The summed E-state index contributed by atoms with van der Waals surface area (Å²) in [5.41, 5.74) is 1.55. The maximum Gasteiger partial charge on any atom is 0.255 e. The van der Waals surface area contributed by atoms with E-state index >= 15 is 0 Å². The van der Waals surface area contributed by atoms with Gasteiger partial charge in [-0.05, 0) is 24.3 Å². The van der Waals surface area contributed by atoms with Crippen molar-refractivity contribution in [2.45, 2.75) is 6.42 Å². The van der Waals surface area contributed by atoms with Gasteiger partial charge in [-0.2, -0.15) is 15.4 Å². The largest absolute Gasteiger partial charge is 0.454 e. The number of benzene rings is 2. The predicted molar refractivity (Wildman–Crippen MR) is 107 cm³/mol. The van der Waals surface area contributed by atoms with Gasteiger partial charge in [-0.15, -0.1) is 0 Å². The van der Waals surface area contributed by atoms with Crippen LogP contribution < -0.4 is 9.75 Å². The van der Waals surface area contributed by atoms with Gasteiger partial charge in [-0.3, -0.25) is 9.59 Å². The number of nitriles is 1. The number of fused-ring (bicyclic) bond motifs is 1. The van der Waals surface area contributed by atoms with Crippen molar-refractivity contribution < 1.29 is 14.3 Å². The summed E-state index contributed by atoms with van der Waals surface area (Å²) in [7, 11) is 1.87. The maximum absolute atomic E-state index is 12.2. The number of ketones is 1. The second-order valence-electron chi connectivity index (χ2n) is 6.21. The average molecular weight is 428 g/mol. The van der Waals surface area contributed by atoms with Crippen LogP contribution in [0.1, 0.15) is 6.42 Å². The van der Waals surface area contributed by atoms with Crippen LogP contribution in [0.25, 0.3) is 11.0 Å². The highest BCUT2D eigenvalue weighted by atomic mass is 35.5. The summed E-state index contributed by atoms with van der Waals surface area (Å²) >= 11 is 12.7. The zero-order valence-corrected chi connectivity index (χ0v) is 16.4. The number of hydrogen-bond donors (Lipinski definition) is 0. The third kappa shape index (κ3) is 3.42. The Morgan fingerprint density at radius 1 is 1.17 bits per heavy atom. The molecular formula is C19H11Cl2N5O3. The van der Waals surface area contributed by atoms with Gasteiger partial charge < -0.3 is 9.30 Å². The number of Topliss-reactive ketones (excluding diaryl/α,β-unsaturated/α-hetero) is 1. The fraction of sp³-hybridized carbons (Fsp3) is 0.105. The number of carbonyl (C=O) groups excluding carboxylic acids is 2. The Labute approximate surface area is 174 Å². The molecule has 0 unspecified atom stereocenters. The van der Waals surface area contributed by atoms with Crippen LogP contribution in [0.3, 0.4) is 0 Å². The molecule has 1 aromatic heterocycles. The highest BCUT2D eigenvalue weighted by Crippen LogP contribution is 2.40. The van der Waals surface area contributed by atoms with Crippen LogP contribution in [-0.4, -0.2) is 27.0 Å². The minimum absolute atomic E-state index is 0.135. The number of anilines is 1. The number of halogens is 2. The Morgan fingerprint density at radius 2 is 1.90 bits per heavy atom.